The summed E-state index contributed by atoms with van der Waals surface area (Å²) < 4.78 is 16.5. The summed E-state index contributed by atoms with van der Waals surface area (Å²) in [5.41, 5.74) is 0.439. The molecule has 0 unspecified atom stereocenters. The van der Waals surface area contributed by atoms with Crippen LogP contribution in [0.5, 0.6) is 17.2 Å². The number of amides is 1. The third-order valence-electron chi connectivity index (χ3n) is 3.31. The van der Waals surface area contributed by atoms with Gasteiger partial charge < -0.3 is 19.5 Å². The van der Waals surface area contributed by atoms with Crippen molar-refractivity contribution in [2.24, 2.45) is 0 Å². The number of benzene rings is 2. The van der Waals surface area contributed by atoms with E-state index in [9.17, 15) is 4.79 Å². The maximum Gasteiger partial charge on any atom is 0.262 e. The summed E-state index contributed by atoms with van der Waals surface area (Å²) in [5.74, 6) is 1.22. The molecular formula is C17H15Cl2NO4. The number of ether oxygens (including phenoxy) is 3. The largest absolute Gasteiger partial charge is 0.490 e. The zero-order valence-electron chi connectivity index (χ0n) is 12.7. The van der Waals surface area contributed by atoms with Crippen molar-refractivity contribution in [3.8, 4) is 17.2 Å². The Bertz CT molecular complexity index is 751. The predicted molar refractivity (Wildman–Crippen MR) is 92.6 cm³/mol. The van der Waals surface area contributed by atoms with Crippen LogP contribution in [-0.4, -0.2) is 25.7 Å². The number of rotatable bonds is 4. The number of para-hydroxylation sites is 1. The number of nitrogens with one attached hydrogen (secondary N) is 1. The molecule has 1 N–H and O–H groups in total. The number of hydrogen-bond donors (Lipinski definition) is 1. The molecule has 126 valence electrons. The van der Waals surface area contributed by atoms with Crippen LogP contribution in [-0.2, 0) is 4.79 Å². The molecular weight excluding hydrogens is 353 g/mol. The molecule has 24 heavy (non-hydrogen) atoms. The Balaban J connectivity index is 1.66. The van der Waals surface area contributed by atoms with Gasteiger partial charge in [0.2, 0.25) is 0 Å². The average Bonchev–Trinajstić information content (AvgIpc) is 2.79. The van der Waals surface area contributed by atoms with Crippen LogP contribution in [0.15, 0.2) is 36.4 Å². The van der Waals surface area contributed by atoms with Crippen molar-refractivity contribution in [3.05, 3.63) is 46.4 Å². The molecule has 1 aliphatic heterocycles. The molecule has 1 heterocycles. The van der Waals surface area contributed by atoms with Crippen molar-refractivity contribution in [3.63, 3.8) is 0 Å². The first-order chi connectivity index (χ1) is 11.6. The molecule has 0 aliphatic carbocycles. The van der Waals surface area contributed by atoms with E-state index < -0.39 is 0 Å². The Morgan fingerprint density at radius 3 is 2.54 bits per heavy atom. The van der Waals surface area contributed by atoms with E-state index in [0.717, 1.165) is 6.42 Å². The Labute approximate surface area is 149 Å². The molecule has 0 aromatic heterocycles. The van der Waals surface area contributed by atoms with Crippen molar-refractivity contribution in [2.45, 2.75) is 6.42 Å². The van der Waals surface area contributed by atoms with Gasteiger partial charge in [0, 0.05) is 18.6 Å². The van der Waals surface area contributed by atoms with Gasteiger partial charge in [-0.2, -0.15) is 0 Å². The lowest BCUT2D eigenvalue weighted by Gasteiger charge is -2.13. The molecule has 0 radical (unpaired) electrons. The molecule has 0 bridgehead atoms. The van der Waals surface area contributed by atoms with Crippen LogP contribution in [0.1, 0.15) is 6.42 Å². The topological polar surface area (TPSA) is 56.8 Å². The Morgan fingerprint density at radius 1 is 1.08 bits per heavy atom. The predicted octanol–water partition coefficient (Wildman–Crippen LogP) is 4.17. The smallest absolute Gasteiger partial charge is 0.262 e. The fourth-order valence-corrected chi connectivity index (χ4v) is 2.56. The van der Waals surface area contributed by atoms with E-state index in [1.165, 1.54) is 0 Å². The molecule has 3 rings (SSSR count). The summed E-state index contributed by atoms with van der Waals surface area (Å²) in [4.78, 5) is 12.1. The van der Waals surface area contributed by atoms with Gasteiger partial charge in [-0.25, -0.2) is 0 Å². The highest BCUT2D eigenvalue weighted by atomic mass is 35.5. The number of anilines is 1. The van der Waals surface area contributed by atoms with Crippen LogP contribution in [0.25, 0.3) is 0 Å². The van der Waals surface area contributed by atoms with Gasteiger partial charge in [0.15, 0.2) is 18.1 Å². The lowest BCUT2D eigenvalue weighted by atomic mass is 10.2. The van der Waals surface area contributed by atoms with E-state index in [-0.39, 0.29) is 12.5 Å². The van der Waals surface area contributed by atoms with Crippen LogP contribution in [0, 0.1) is 0 Å². The summed E-state index contributed by atoms with van der Waals surface area (Å²) in [6, 6.07) is 10.2. The highest BCUT2D eigenvalue weighted by Gasteiger charge is 2.16. The van der Waals surface area contributed by atoms with Crippen LogP contribution >= 0.6 is 23.2 Å². The van der Waals surface area contributed by atoms with Crippen molar-refractivity contribution >= 4 is 34.8 Å². The minimum absolute atomic E-state index is 0.186. The first-order valence-corrected chi connectivity index (χ1v) is 8.15. The number of carbonyl (C=O) groups excluding carboxylic acids is 1. The SMILES string of the molecule is O=C(COc1ccccc1Cl)Nc1cc2c(cc1Cl)OCCCO2. The molecule has 0 fully saturated rings. The molecule has 2 aromatic carbocycles. The summed E-state index contributed by atoms with van der Waals surface area (Å²) in [7, 11) is 0. The Morgan fingerprint density at radius 2 is 1.79 bits per heavy atom. The fourth-order valence-electron chi connectivity index (χ4n) is 2.17. The minimum Gasteiger partial charge on any atom is -0.490 e. The van der Waals surface area contributed by atoms with Gasteiger partial charge >= 0.3 is 0 Å². The van der Waals surface area contributed by atoms with Gasteiger partial charge in [0.25, 0.3) is 5.91 Å². The van der Waals surface area contributed by atoms with Crippen LogP contribution < -0.4 is 19.5 Å². The second-order valence-corrected chi connectivity index (χ2v) is 5.91. The highest BCUT2D eigenvalue weighted by Crippen LogP contribution is 2.37. The maximum atomic E-state index is 12.1. The Hall–Kier alpha value is -2.11. The zero-order valence-corrected chi connectivity index (χ0v) is 14.2. The van der Waals surface area contributed by atoms with Crippen LogP contribution in [0.4, 0.5) is 5.69 Å². The average molecular weight is 368 g/mol. The van der Waals surface area contributed by atoms with Gasteiger partial charge in [-0.05, 0) is 12.1 Å². The van der Waals surface area contributed by atoms with Crippen molar-refractivity contribution in [2.75, 3.05) is 25.1 Å². The number of fused-ring (bicyclic) bond motifs is 1. The van der Waals surface area contributed by atoms with Crippen molar-refractivity contribution < 1.29 is 19.0 Å². The molecule has 0 spiro atoms. The molecule has 0 atom stereocenters. The lowest BCUT2D eigenvalue weighted by Crippen LogP contribution is -2.20. The van der Waals surface area contributed by atoms with E-state index in [1.54, 1.807) is 36.4 Å². The molecule has 0 saturated carbocycles. The molecule has 2 aromatic rings. The van der Waals surface area contributed by atoms with Crippen molar-refractivity contribution in [1.82, 2.24) is 0 Å². The fraction of sp³-hybridized carbons (Fsp3) is 0.235. The minimum atomic E-state index is -0.355. The normalized spacial score (nSPS) is 13.1. The zero-order chi connectivity index (χ0) is 16.9. The molecule has 1 amide bonds. The standard InChI is InChI=1S/C17H15Cl2NO4/c18-11-4-1-2-5-14(11)24-10-17(21)20-13-9-16-15(8-12(13)19)22-6-3-7-23-16/h1-2,4-5,8-9H,3,6-7,10H2,(H,20,21). The van der Waals surface area contributed by atoms with Gasteiger partial charge in [-0.1, -0.05) is 35.3 Å². The van der Waals surface area contributed by atoms with Gasteiger partial charge in [-0.15, -0.1) is 0 Å². The molecule has 5 nitrogen and oxygen atoms in total. The second kappa shape index (κ2) is 7.64. The third kappa shape index (κ3) is 4.04. The summed E-state index contributed by atoms with van der Waals surface area (Å²) >= 11 is 12.2. The van der Waals surface area contributed by atoms with Crippen molar-refractivity contribution in [1.29, 1.82) is 0 Å². The molecule has 7 heteroatoms. The second-order valence-electron chi connectivity index (χ2n) is 5.10. The third-order valence-corrected chi connectivity index (χ3v) is 3.93. The van der Waals surface area contributed by atoms with E-state index in [4.69, 9.17) is 37.4 Å². The first-order valence-electron chi connectivity index (χ1n) is 7.40. The van der Waals surface area contributed by atoms with E-state index in [1.807, 2.05) is 0 Å². The highest BCUT2D eigenvalue weighted by molar-refractivity contribution is 6.34. The summed E-state index contributed by atoms with van der Waals surface area (Å²) in [5, 5.41) is 3.51. The number of halogens is 2. The van der Waals surface area contributed by atoms with Gasteiger partial charge in [0.05, 0.1) is 28.9 Å². The Kier molecular flexibility index (Phi) is 5.33. The number of carbonyl (C=O) groups is 1. The summed E-state index contributed by atoms with van der Waals surface area (Å²) in [6.45, 7) is 0.937. The van der Waals surface area contributed by atoms with Gasteiger partial charge in [-0.3, -0.25) is 4.79 Å². The van der Waals surface area contributed by atoms with Gasteiger partial charge in [0.1, 0.15) is 5.75 Å². The molecule has 1 aliphatic rings. The molecule has 0 saturated heterocycles. The van der Waals surface area contributed by atoms with E-state index >= 15 is 0 Å². The van der Waals surface area contributed by atoms with Crippen LogP contribution in [0.3, 0.4) is 0 Å². The van der Waals surface area contributed by atoms with Crippen LogP contribution in [0.2, 0.25) is 10.0 Å². The van der Waals surface area contributed by atoms with E-state index in [0.29, 0.717) is 46.2 Å². The van der Waals surface area contributed by atoms with E-state index in [2.05, 4.69) is 5.32 Å². The number of hydrogen-bond acceptors (Lipinski definition) is 4. The maximum absolute atomic E-state index is 12.1. The lowest BCUT2D eigenvalue weighted by molar-refractivity contribution is -0.118. The quantitative estimate of drug-likeness (QED) is 0.880. The first kappa shape index (κ1) is 16.7. The monoisotopic (exact) mass is 367 g/mol. The summed E-state index contributed by atoms with van der Waals surface area (Å²) in [6.07, 6.45) is 0.791.